The SMILES string of the molecule is C[C@H](NC(=O)COC(=O)c1cccc[n+]1[O-])c1ccc(Cl)c(Cl)c1. The van der Waals surface area contributed by atoms with E-state index in [1.54, 1.807) is 25.1 Å². The molecular weight excluding hydrogens is 355 g/mol. The number of aromatic nitrogens is 1. The highest BCUT2D eigenvalue weighted by atomic mass is 35.5. The van der Waals surface area contributed by atoms with Gasteiger partial charge in [0.1, 0.15) is 0 Å². The lowest BCUT2D eigenvalue weighted by molar-refractivity contribution is -0.608. The minimum Gasteiger partial charge on any atom is -0.618 e. The number of pyridine rings is 1. The predicted molar refractivity (Wildman–Crippen MR) is 88.7 cm³/mol. The van der Waals surface area contributed by atoms with Crippen molar-refractivity contribution in [3.8, 4) is 0 Å². The highest BCUT2D eigenvalue weighted by Gasteiger charge is 2.19. The van der Waals surface area contributed by atoms with Crippen molar-refractivity contribution in [2.75, 3.05) is 6.61 Å². The first-order valence-electron chi connectivity index (χ1n) is 6.98. The van der Waals surface area contributed by atoms with E-state index >= 15 is 0 Å². The molecule has 0 bridgehead atoms. The van der Waals surface area contributed by atoms with Crippen LogP contribution >= 0.6 is 23.2 Å². The molecule has 0 unspecified atom stereocenters. The molecule has 0 saturated carbocycles. The fourth-order valence-corrected chi connectivity index (χ4v) is 2.25. The molecule has 6 nitrogen and oxygen atoms in total. The molecule has 0 aliphatic carbocycles. The Morgan fingerprint density at radius 1 is 1.25 bits per heavy atom. The van der Waals surface area contributed by atoms with Gasteiger partial charge in [-0.2, -0.15) is 4.73 Å². The second-order valence-corrected chi connectivity index (χ2v) is 5.76. The van der Waals surface area contributed by atoms with E-state index in [1.807, 2.05) is 0 Å². The van der Waals surface area contributed by atoms with Crippen LogP contribution in [-0.2, 0) is 9.53 Å². The van der Waals surface area contributed by atoms with Crippen LogP contribution in [0.15, 0.2) is 42.6 Å². The first-order valence-corrected chi connectivity index (χ1v) is 7.73. The van der Waals surface area contributed by atoms with Crippen molar-refractivity contribution in [1.82, 2.24) is 5.32 Å². The molecule has 1 N–H and O–H groups in total. The molecule has 0 spiro atoms. The van der Waals surface area contributed by atoms with Crippen molar-refractivity contribution in [3.63, 3.8) is 0 Å². The second-order valence-electron chi connectivity index (χ2n) is 4.95. The summed E-state index contributed by atoms with van der Waals surface area (Å²) in [5, 5.41) is 14.9. The number of nitrogens with one attached hydrogen (secondary N) is 1. The molecule has 2 aromatic rings. The summed E-state index contributed by atoms with van der Waals surface area (Å²) in [5.41, 5.74) is 0.562. The number of carbonyl (C=O) groups excluding carboxylic acids is 2. The summed E-state index contributed by atoms with van der Waals surface area (Å²) >= 11 is 11.8. The molecule has 126 valence electrons. The summed E-state index contributed by atoms with van der Waals surface area (Å²) in [6.07, 6.45) is 1.17. The van der Waals surface area contributed by atoms with E-state index in [4.69, 9.17) is 27.9 Å². The molecule has 2 rings (SSSR count). The summed E-state index contributed by atoms with van der Waals surface area (Å²) in [6.45, 7) is 1.25. The Morgan fingerprint density at radius 2 is 2.00 bits per heavy atom. The number of nitrogens with zero attached hydrogens (tertiary/aromatic N) is 1. The Bertz CT molecular complexity index is 767. The highest BCUT2D eigenvalue weighted by Crippen LogP contribution is 2.25. The van der Waals surface area contributed by atoms with Gasteiger partial charge in [-0.1, -0.05) is 29.3 Å². The number of halogens is 2. The maximum atomic E-state index is 11.9. The van der Waals surface area contributed by atoms with Gasteiger partial charge in [-0.05, 0) is 30.7 Å². The van der Waals surface area contributed by atoms with Crippen LogP contribution in [0.25, 0.3) is 0 Å². The maximum absolute atomic E-state index is 11.9. The van der Waals surface area contributed by atoms with E-state index in [-0.39, 0.29) is 11.7 Å². The number of hydrogen-bond donors (Lipinski definition) is 1. The minimum absolute atomic E-state index is 0.192. The van der Waals surface area contributed by atoms with Gasteiger partial charge in [-0.15, -0.1) is 0 Å². The fourth-order valence-electron chi connectivity index (χ4n) is 1.94. The molecule has 1 amide bonds. The van der Waals surface area contributed by atoms with Crippen LogP contribution in [0.1, 0.15) is 29.0 Å². The van der Waals surface area contributed by atoms with Crippen LogP contribution in [0, 0.1) is 5.21 Å². The largest absolute Gasteiger partial charge is 0.618 e. The van der Waals surface area contributed by atoms with Gasteiger partial charge < -0.3 is 15.3 Å². The third kappa shape index (κ3) is 4.59. The Kier molecular flexibility index (Phi) is 6.00. The lowest BCUT2D eigenvalue weighted by Gasteiger charge is -2.15. The molecule has 0 saturated heterocycles. The van der Waals surface area contributed by atoms with E-state index in [1.165, 1.54) is 24.4 Å². The average molecular weight is 369 g/mol. The Balaban J connectivity index is 1.90. The lowest BCUT2D eigenvalue weighted by Crippen LogP contribution is -2.36. The lowest BCUT2D eigenvalue weighted by atomic mass is 10.1. The summed E-state index contributed by atoms with van der Waals surface area (Å²) in [7, 11) is 0. The highest BCUT2D eigenvalue weighted by molar-refractivity contribution is 6.42. The quantitative estimate of drug-likeness (QED) is 0.499. The van der Waals surface area contributed by atoms with Gasteiger partial charge in [-0.25, -0.2) is 4.79 Å². The molecule has 0 aliphatic rings. The van der Waals surface area contributed by atoms with Crippen molar-refractivity contribution >= 4 is 35.1 Å². The average Bonchev–Trinajstić information content (AvgIpc) is 2.55. The molecule has 1 aromatic heterocycles. The van der Waals surface area contributed by atoms with Crippen LogP contribution in [0.3, 0.4) is 0 Å². The first-order chi connectivity index (χ1) is 11.4. The molecule has 1 atom stereocenters. The number of amides is 1. The Hall–Kier alpha value is -2.31. The summed E-state index contributed by atoms with van der Waals surface area (Å²) in [6, 6.07) is 8.97. The zero-order valence-corrected chi connectivity index (χ0v) is 14.2. The molecule has 0 fully saturated rings. The monoisotopic (exact) mass is 368 g/mol. The van der Waals surface area contributed by atoms with Gasteiger partial charge in [0.15, 0.2) is 12.8 Å². The molecule has 24 heavy (non-hydrogen) atoms. The van der Waals surface area contributed by atoms with Gasteiger partial charge in [0.05, 0.1) is 16.1 Å². The Labute approximate surface area is 148 Å². The van der Waals surface area contributed by atoms with Crippen LogP contribution in [-0.4, -0.2) is 18.5 Å². The maximum Gasteiger partial charge on any atom is 0.405 e. The molecule has 0 radical (unpaired) electrons. The van der Waals surface area contributed by atoms with E-state index in [0.29, 0.717) is 14.8 Å². The van der Waals surface area contributed by atoms with Gasteiger partial charge in [0.25, 0.3) is 5.91 Å². The van der Waals surface area contributed by atoms with Crippen molar-refractivity contribution < 1.29 is 19.1 Å². The minimum atomic E-state index is -0.872. The number of ether oxygens (including phenoxy) is 1. The van der Waals surface area contributed by atoms with Crippen LogP contribution in [0.4, 0.5) is 0 Å². The van der Waals surface area contributed by atoms with Crippen molar-refractivity contribution in [3.05, 3.63) is 69.1 Å². The third-order valence-electron chi connectivity index (χ3n) is 3.19. The Morgan fingerprint density at radius 3 is 2.67 bits per heavy atom. The molecular formula is C16H14Cl2N2O4. The van der Waals surface area contributed by atoms with Gasteiger partial charge >= 0.3 is 11.7 Å². The summed E-state index contributed by atoms with van der Waals surface area (Å²) < 4.78 is 5.20. The van der Waals surface area contributed by atoms with E-state index in [0.717, 1.165) is 5.56 Å². The molecule has 0 aliphatic heterocycles. The first kappa shape index (κ1) is 18.0. The zero-order valence-electron chi connectivity index (χ0n) is 12.7. The van der Waals surface area contributed by atoms with Gasteiger partial charge in [0, 0.05) is 12.1 Å². The third-order valence-corrected chi connectivity index (χ3v) is 3.93. The van der Waals surface area contributed by atoms with Crippen LogP contribution < -0.4 is 10.0 Å². The fraction of sp³-hybridized carbons (Fsp3) is 0.188. The number of rotatable bonds is 5. The van der Waals surface area contributed by atoms with Gasteiger partial charge in [-0.3, -0.25) is 4.79 Å². The number of hydrogen-bond acceptors (Lipinski definition) is 4. The predicted octanol–water partition coefficient (Wildman–Crippen LogP) is 2.66. The topological polar surface area (TPSA) is 82.3 Å². The summed E-state index contributed by atoms with van der Waals surface area (Å²) in [4.78, 5) is 23.6. The molecule has 1 aromatic carbocycles. The normalized spacial score (nSPS) is 11.6. The second kappa shape index (κ2) is 7.99. The summed E-state index contributed by atoms with van der Waals surface area (Å²) in [5.74, 6) is -1.38. The van der Waals surface area contributed by atoms with E-state index < -0.39 is 18.5 Å². The molecule has 1 heterocycles. The molecule has 8 heteroatoms. The van der Waals surface area contributed by atoms with E-state index in [9.17, 15) is 14.8 Å². The smallest absolute Gasteiger partial charge is 0.405 e. The van der Waals surface area contributed by atoms with Crippen molar-refractivity contribution in [1.29, 1.82) is 0 Å². The van der Waals surface area contributed by atoms with Crippen molar-refractivity contribution in [2.45, 2.75) is 13.0 Å². The van der Waals surface area contributed by atoms with Crippen LogP contribution in [0.2, 0.25) is 10.0 Å². The number of esters is 1. The zero-order chi connectivity index (χ0) is 17.7. The van der Waals surface area contributed by atoms with Crippen molar-refractivity contribution in [2.24, 2.45) is 0 Å². The van der Waals surface area contributed by atoms with E-state index in [2.05, 4.69) is 5.32 Å². The number of carbonyl (C=O) groups is 2. The van der Waals surface area contributed by atoms with Crippen LogP contribution in [0.5, 0.6) is 0 Å². The standard InChI is InChI=1S/C16H14Cl2N2O4/c1-10(11-5-6-12(17)13(18)8-11)19-15(21)9-24-16(22)14-4-2-3-7-20(14)23/h2-8,10H,9H2,1H3,(H,19,21)/t10-/m0/s1. The number of benzene rings is 1. The van der Waals surface area contributed by atoms with Gasteiger partial charge in [0.2, 0.25) is 0 Å².